The maximum Gasteiger partial charge on any atom is 0.257 e. The molecule has 2 rings (SSSR count). The van der Waals surface area contributed by atoms with Crippen LogP contribution >= 0.6 is 12.2 Å². The minimum absolute atomic E-state index is 0.148. The number of benzene rings is 2. The zero-order chi connectivity index (χ0) is 18.9. The Morgan fingerprint density at radius 3 is 2.42 bits per heavy atom. The summed E-state index contributed by atoms with van der Waals surface area (Å²) in [7, 11) is 1.56. The van der Waals surface area contributed by atoms with Crippen molar-refractivity contribution in [1.82, 2.24) is 10.6 Å². The molecule has 0 aliphatic carbocycles. The summed E-state index contributed by atoms with van der Waals surface area (Å²) in [6, 6.07) is 13.7. The highest BCUT2D eigenvalue weighted by Crippen LogP contribution is 2.13. The average molecular weight is 371 g/mol. The third kappa shape index (κ3) is 5.56. The lowest BCUT2D eigenvalue weighted by molar-refractivity contribution is 0.0959. The van der Waals surface area contributed by atoms with Crippen LogP contribution in [0.3, 0.4) is 0 Å². The van der Waals surface area contributed by atoms with Crippen LogP contribution in [0.15, 0.2) is 48.5 Å². The van der Waals surface area contributed by atoms with E-state index in [9.17, 15) is 9.59 Å². The molecule has 0 atom stereocenters. The van der Waals surface area contributed by atoms with Crippen LogP contribution in [0.25, 0.3) is 0 Å². The molecule has 6 nitrogen and oxygen atoms in total. The van der Waals surface area contributed by atoms with Crippen LogP contribution in [0, 0.1) is 0 Å². The van der Waals surface area contributed by atoms with Gasteiger partial charge in [-0.25, -0.2) is 0 Å². The van der Waals surface area contributed by atoms with Gasteiger partial charge in [-0.2, -0.15) is 0 Å². The van der Waals surface area contributed by atoms with Crippen molar-refractivity contribution < 1.29 is 14.3 Å². The number of carbonyl (C=O) groups excluding carboxylic acids is 2. The Morgan fingerprint density at radius 1 is 1.04 bits per heavy atom. The van der Waals surface area contributed by atoms with E-state index in [1.165, 1.54) is 0 Å². The van der Waals surface area contributed by atoms with Crippen molar-refractivity contribution >= 4 is 34.8 Å². The molecule has 2 aromatic rings. The van der Waals surface area contributed by atoms with Crippen LogP contribution in [0.2, 0.25) is 0 Å². The Kier molecular flexibility index (Phi) is 7.11. The Morgan fingerprint density at radius 2 is 1.77 bits per heavy atom. The first-order valence-corrected chi connectivity index (χ1v) is 8.61. The number of ether oxygens (including phenoxy) is 1. The van der Waals surface area contributed by atoms with Gasteiger partial charge < -0.3 is 15.4 Å². The van der Waals surface area contributed by atoms with Crippen molar-refractivity contribution in [2.75, 3.05) is 19.0 Å². The van der Waals surface area contributed by atoms with Crippen molar-refractivity contribution in [2.45, 2.75) is 13.3 Å². The van der Waals surface area contributed by atoms with Gasteiger partial charge in [-0.15, -0.1) is 0 Å². The van der Waals surface area contributed by atoms with E-state index in [-0.39, 0.29) is 16.9 Å². The molecule has 26 heavy (non-hydrogen) atoms. The molecule has 0 saturated heterocycles. The van der Waals surface area contributed by atoms with E-state index in [1.54, 1.807) is 55.6 Å². The Hall–Kier alpha value is -2.93. The molecule has 0 aliphatic heterocycles. The number of nitrogens with one attached hydrogen (secondary N) is 3. The van der Waals surface area contributed by atoms with Crippen molar-refractivity contribution in [3.63, 3.8) is 0 Å². The first-order chi connectivity index (χ1) is 12.5. The summed E-state index contributed by atoms with van der Waals surface area (Å²) in [5.74, 6) is 0.191. The molecule has 0 bridgehead atoms. The smallest absolute Gasteiger partial charge is 0.257 e. The standard InChI is InChI=1S/C19H21N3O3S/c1-3-11-25-16-9-7-13(8-10-16)18(24)22-19(26)21-15-6-4-5-14(12-15)17(23)20-2/h4-10,12H,3,11H2,1-2H3,(H,20,23)(H2,21,22,24,26). The summed E-state index contributed by atoms with van der Waals surface area (Å²) < 4.78 is 5.49. The highest BCUT2D eigenvalue weighted by atomic mass is 32.1. The predicted octanol–water partition coefficient (Wildman–Crippen LogP) is 2.96. The monoisotopic (exact) mass is 371 g/mol. The molecule has 0 radical (unpaired) electrons. The van der Waals surface area contributed by atoms with Crippen LogP contribution in [0.1, 0.15) is 34.1 Å². The highest BCUT2D eigenvalue weighted by molar-refractivity contribution is 7.80. The van der Waals surface area contributed by atoms with Gasteiger partial charge in [0.1, 0.15) is 5.75 Å². The Labute approximate surface area is 157 Å². The van der Waals surface area contributed by atoms with Gasteiger partial charge in [0, 0.05) is 23.9 Å². The summed E-state index contributed by atoms with van der Waals surface area (Å²) in [6.07, 6.45) is 0.920. The molecule has 0 heterocycles. The van der Waals surface area contributed by atoms with E-state index in [0.717, 1.165) is 12.2 Å². The van der Waals surface area contributed by atoms with E-state index in [4.69, 9.17) is 17.0 Å². The molecule has 0 spiro atoms. The lowest BCUT2D eigenvalue weighted by Crippen LogP contribution is -2.34. The van der Waals surface area contributed by atoms with Gasteiger partial charge in [0.05, 0.1) is 6.61 Å². The van der Waals surface area contributed by atoms with Crippen molar-refractivity contribution in [2.24, 2.45) is 0 Å². The van der Waals surface area contributed by atoms with Gasteiger partial charge in [-0.3, -0.25) is 14.9 Å². The molecular weight excluding hydrogens is 350 g/mol. The van der Waals surface area contributed by atoms with E-state index >= 15 is 0 Å². The first kappa shape index (κ1) is 19.4. The second kappa shape index (κ2) is 9.53. The minimum Gasteiger partial charge on any atom is -0.494 e. The largest absolute Gasteiger partial charge is 0.494 e. The van der Waals surface area contributed by atoms with E-state index in [1.807, 2.05) is 6.92 Å². The maximum atomic E-state index is 12.2. The van der Waals surface area contributed by atoms with Crippen molar-refractivity contribution in [1.29, 1.82) is 0 Å². The van der Waals surface area contributed by atoms with Crippen molar-refractivity contribution in [3.8, 4) is 5.75 Å². The fraction of sp³-hybridized carbons (Fsp3) is 0.211. The van der Waals surface area contributed by atoms with Gasteiger partial charge in [0.2, 0.25) is 0 Å². The summed E-state index contributed by atoms with van der Waals surface area (Å²) >= 11 is 5.16. The van der Waals surface area contributed by atoms with E-state index < -0.39 is 0 Å². The molecule has 2 amide bonds. The van der Waals surface area contributed by atoms with Crippen LogP contribution in [-0.4, -0.2) is 30.6 Å². The summed E-state index contributed by atoms with van der Waals surface area (Å²) in [4.78, 5) is 23.9. The summed E-state index contributed by atoms with van der Waals surface area (Å²) in [5, 5.41) is 8.21. The SMILES string of the molecule is CCCOc1ccc(C(=O)NC(=S)Nc2cccc(C(=O)NC)c2)cc1. The highest BCUT2D eigenvalue weighted by Gasteiger charge is 2.09. The first-order valence-electron chi connectivity index (χ1n) is 8.21. The number of hydrogen-bond donors (Lipinski definition) is 3. The molecule has 7 heteroatoms. The number of amides is 2. The van der Waals surface area contributed by atoms with Crippen LogP contribution < -0.4 is 20.7 Å². The molecule has 2 aromatic carbocycles. The van der Waals surface area contributed by atoms with Gasteiger partial charge in [-0.1, -0.05) is 13.0 Å². The average Bonchev–Trinajstić information content (AvgIpc) is 2.66. The zero-order valence-electron chi connectivity index (χ0n) is 14.7. The fourth-order valence-corrected chi connectivity index (χ4v) is 2.35. The zero-order valence-corrected chi connectivity index (χ0v) is 15.5. The fourth-order valence-electron chi connectivity index (χ4n) is 2.14. The van der Waals surface area contributed by atoms with Crippen LogP contribution in [0.4, 0.5) is 5.69 Å². The maximum absolute atomic E-state index is 12.2. The topological polar surface area (TPSA) is 79.5 Å². The lowest BCUT2D eigenvalue weighted by atomic mass is 10.2. The van der Waals surface area contributed by atoms with Gasteiger partial charge in [-0.05, 0) is 61.1 Å². The number of thiocarbonyl (C=S) groups is 1. The van der Waals surface area contributed by atoms with Crippen LogP contribution in [-0.2, 0) is 0 Å². The summed E-state index contributed by atoms with van der Waals surface area (Å²) in [5.41, 5.74) is 1.58. The molecular formula is C19H21N3O3S. The van der Waals surface area contributed by atoms with Gasteiger partial charge >= 0.3 is 0 Å². The lowest BCUT2D eigenvalue weighted by Gasteiger charge is -2.11. The summed E-state index contributed by atoms with van der Waals surface area (Å²) in [6.45, 7) is 2.66. The Bertz CT molecular complexity index is 791. The predicted molar refractivity (Wildman–Crippen MR) is 106 cm³/mol. The van der Waals surface area contributed by atoms with E-state index in [2.05, 4.69) is 16.0 Å². The minimum atomic E-state index is -0.327. The third-order valence-corrected chi connectivity index (χ3v) is 3.63. The number of rotatable bonds is 6. The second-order valence-electron chi connectivity index (χ2n) is 5.44. The molecule has 0 saturated carbocycles. The Balaban J connectivity index is 1.95. The van der Waals surface area contributed by atoms with E-state index in [0.29, 0.717) is 23.4 Å². The number of anilines is 1. The van der Waals surface area contributed by atoms with Crippen LogP contribution in [0.5, 0.6) is 5.75 Å². The van der Waals surface area contributed by atoms with Gasteiger partial charge in [0.15, 0.2) is 5.11 Å². The molecule has 136 valence electrons. The molecule has 0 aliphatic rings. The molecule has 0 fully saturated rings. The number of hydrogen-bond acceptors (Lipinski definition) is 4. The number of carbonyl (C=O) groups is 2. The van der Waals surface area contributed by atoms with Crippen molar-refractivity contribution in [3.05, 3.63) is 59.7 Å². The quantitative estimate of drug-likeness (QED) is 0.681. The molecule has 0 aromatic heterocycles. The molecule has 3 N–H and O–H groups in total. The third-order valence-electron chi connectivity index (χ3n) is 3.43. The van der Waals surface area contributed by atoms with Gasteiger partial charge in [0.25, 0.3) is 11.8 Å². The molecule has 0 unspecified atom stereocenters. The normalized spacial score (nSPS) is 9.92. The second-order valence-corrected chi connectivity index (χ2v) is 5.85.